The van der Waals surface area contributed by atoms with Gasteiger partial charge < -0.3 is 35.3 Å². The third-order valence-electron chi connectivity index (χ3n) is 12.2. The number of likely N-dealkylation sites (tertiary alicyclic amines) is 1. The summed E-state index contributed by atoms with van der Waals surface area (Å²) in [5.74, 6) is -0.405. The first-order valence-electron chi connectivity index (χ1n) is 20.7. The zero-order valence-corrected chi connectivity index (χ0v) is 36.2. The molecule has 4 N–H and O–H groups in total. The Bertz CT molecular complexity index is 2530. The van der Waals surface area contributed by atoms with Crippen LogP contribution >= 0.6 is 11.6 Å². The summed E-state index contributed by atoms with van der Waals surface area (Å²) in [5, 5.41) is 25.8. The summed E-state index contributed by atoms with van der Waals surface area (Å²) in [6.45, 7) is 10.4. The zero-order valence-electron chi connectivity index (χ0n) is 34.7. The standard InChI is InChI=1S/C45H52ClN8O6S/c1-45(2)18-15-31(37(27-45)30-7-9-32(46)10-8-30)28-52-21-23-53(24-22-52)34-11-13-36(42(25-34)60-41-6-4-5-39-43(41)48-29-47-39)44(55)50-61(58,59)35-12-14-38(40(26-35)54(56)57)49-33-16-19-51(3)20-17-33/h4-14,25-26,29,33,49,56H,15-24,27-28H2,1-3H3,(H,47,48)(H,50,55)/q-1. The number of carbonyl (C=O) groups is 1. The van der Waals surface area contributed by atoms with Gasteiger partial charge in [0.25, 0.3) is 15.9 Å². The van der Waals surface area contributed by atoms with Crippen molar-refractivity contribution in [2.24, 2.45) is 5.41 Å². The minimum Gasteiger partial charge on any atom is -0.733 e. The van der Waals surface area contributed by atoms with Crippen molar-refractivity contribution in [1.29, 1.82) is 0 Å². The maximum atomic E-state index is 14.0. The molecule has 16 heteroatoms. The molecule has 0 bridgehead atoms. The molecule has 0 spiro atoms. The van der Waals surface area contributed by atoms with E-state index in [1.165, 1.54) is 28.8 Å². The Morgan fingerprint density at radius 3 is 2.49 bits per heavy atom. The molecule has 2 aliphatic heterocycles. The number of anilines is 3. The second kappa shape index (κ2) is 17.7. The maximum Gasteiger partial charge on any atom is 0.268 e. The molecule has 1 aromatic heterocycles. The van der Waals surface area contributed by atoms with Crippen LogP contribution in [-0.2, 0) is 10.0 Å². The second-order valence-electron chi connectivity index (χ2n) is 17.1. The van der Waals surface area contributed by atoms with Crippen LogP contribution in [0.4, 0.5) is 17.1 Å². The number of nitrogens with one attached hydrogen (secondary N) is 3. The van der Waals surface area contributed by atoms with Crippen LogP contribution in [0.3, 0.4) is 0 Å². The highest BCUT2D eigenvalue weighted by Gasteiger charge is 2.30. The van der Waals surface area contributed by atoms with Gasteiger partial charge in [-0.3, -0.25) is 14.9 Å². The van der Waals surface area contributed by atoms with E-state index in [-0.39, 0.29) is 44.3 Å². The molecule has 1 amide bonds. The normalized spacial score (nSPS) is 18.0. The largest absolute Gasteiger partial charge is 0.733 e. The SMILES string of the molecule is CN1CCC(Nc2ccc(S(=O)(=O)NC(=O)c3ccc(N4CCN(CC5=C(c6ccc(Cl)cc6)CC(C)(C)CC5)CC4)cc3Oc3cccc4[nH]cnc34)cc2N([O-])O)CC1. The molecule has 0 radical (unpaired) electrons. The fourth-order valence-corrected chi connectivity index (χ4v) is 9.70. The number of nitrogens with zero attached hydrogens (tertiary/aromatic N) is 5. The van der Waals surface area contributed by atoms with Gasteiger partial charge in [-0.2, -0.15) is 0 Å². The number of amides is 1. The van der Waals surface area contributed by atoms with E-state index in [2.05, 4.69) is 60.7 Å². The number of aromatic amines is 1. The molecule has 4 aromatic carbocycles. The van der Waals surface area contributed by atoms with Crippen molar-refractivity contribution in [2.45, 2.75) is 56.9 Å². The van der Waals surface area contributed by atoms with Crippen molar-refractivity contribution in [3.8, 4) is 11.5 Å². The number of allylic oxidation sites excluding steroid dienone is 1. The van der Waals surface area contributed by atoms with Crippen molar-refractivity contribution in [3.63, 3.8) is 0 Å². The first-order chi connectivity index (χ1) is 29.2. The van der Waals surface area contributed by atoms with Crippen molar-refractivity contribution in [2.75, 3.05) is 68.3 Å². The van der Waals surface area contributed by atoms with Gasteiger partial charge in [0.15, 0.2) is 5.75 Å². The predicted molar refractivity (Wildman–Crippen MR) is 240 cm³/mol. The number of hydrogen-bond donors (Lipinski definition) is 4. The second-order valence-corrected chi connectivity index (χ2v) is 19.3. The van der Waals surface area contributed by atoms with Crippen molar-refractivity contribution >= 4 is 61.2 Å². The quantitative estimate of drug-likeness (QED) is 0.0891. The number of imidazole rings is 1. The Labute approximate surface area is 361 Å². The highest BCUT2D eigenvalue weighted by molar-refractivity contribution is 7.90. The summed E-state index contributed by atoms with van der Waals surface area (Å²) in [5.41, 5.74) is 6.44. The van der Waals surface area contributed by atoms with Crippen molar-refractivity contribution in [1.82, 2.24) is 24.5 Å². The molecule has 14 nitrogen and oxygen atoms in total. The number of para-hydroxylation sites is 1. The van der Waals surface area contributed by atoms with Crippen LogP contribution in [0.2, 0.25) is 5.02 Å². The number of rotatable bonds is 12. The summed E-state index contributed by atoms with van der Waals surface area (Å²) in [6.07, 6.45) is 6.39. The molecule has 8 rings (SSSR count). The van der Waals surface area contributed by atoms with Gasteiger partial charge in [0.1, 0.15) is 11.3 Å². The van der Waals surface area contributed by atoms with Gasteiger partial charge in [-0.1, -0.05) is 49.2 Å². The summed E-state index contributed by atoms with van der Waals surface area (Å²) in [7, 11) is -2.49. The molecular formula is C45H52ClN8O6S-. The Morgan fingerprint density at radius 2 is 1.75 bits per heavy atom. The van der Waals surface area contributed by atoms with Crippen LogP contribution < -0.4 is 24.9 Å². The van der Waals surface area contributed by atoms with Gasteiger partial charge in [0.2, 0.25) is 0 Å². The van der Waals surface area contributed by atoms with Gasteiger partial charge in [-0.25, -0.2) is 18.1 Å². The molecule has 0 unspecified atom stereocenters. The molecule has 0 atom stereocenters. The van der Waals surface area contributed by atoms with Gasteiger partial charge >= 0.3 is 0 Å². The van der Waals surface area contributed by atoms with E-state index in [9.17, 15) is 23.6 Å². The number of piperidine rings is 1. The van der Waals surface area contributed by atoms with E-state index in [0.717, 1.165) is 100 Å². The van der Waals surface area contributed by atoms with E-state index in [1.807, 2.05) is 25.2 Å². The van der Waals surface area contributed by atoms with Crippen LogP contribution in [0.25, 0.3) is 16.6 Å². The van der Waals surface area contributed by atoms with Gasteiger partial charge in [0, 0.05) is 55.5 Å². The van der Waals surface area contributed by atoms with Gasteiger partial charge in [-0.15, -0.1) is 0 Å². The van der Waals surface area contributed by atoms with E-state index in [4.69, 9.17) is 16.3 Å². The number of sulfonamides is 1. The lowest BCUT2D eigenvalue weighted by Gasteiger charge is -2.39. The highest BCUT2D eigenvalue weighted by Crippen LogP contribution is 2.43. The Kier molecular flexibility index (Phi) is 12.3. The first kappa shape index (κ1) is 42.5. The molecule has 5 aromatic rings. The number of halogens is 1. The average Bonchev–Trinajstić information content (AvgIpc) is 3.73. The Morgan fingerprint density at radius 1 is 1.00 bits per heavy atom. The molecule has 2 saturated heterocycles. The van der Waals surface area contributed by atoms with Gasteiger partial charge in [-0.05, 0) is 123 Å². The van der Waals surface area contributed by atoms with Crippen molar-refractivity contribution < 1.29 is 23.2 Å². The first-order valence-corrected chi connectivity index (χ1v) is 22.6. The molecule has 61 heavy (non-hydrogen) atoms. The van der Waals surface area contributed by atoms with E-state index in [1.54, 1.807) is 36.7 Å². The minimum absolute atomic E-state index is 0.0197. The van der Waals surface area contributed by atoms with Crippen molar-refractivity contribution in [3.05, 3.63) is 112 Å². The highest BCUT2D eigenvalue weighted by atomic mass is 35.5. The zero-order chi connectivity index (χ0) is 42.9. The maximum absolute atomic E-state index is 14.0. The number of hydrogen-bond acceptors (Lipinski definition) is 12. The molecule has 2 fully saturated rings. The summed E-state index contributed by atoms with van der Waals surface area (Å²) >= 11 is 6.24. The lowest BCUT2D eigenvalue weighted by Crippen LogP contribution is -2.47. The third-order valence-corrected chi connectivity index (χ3v) is 13.7. The number of aromatic nitrogens is 2. The van der Waals surface area contributed by atoms with Crippen LogP contribution in [0.15, 0.2) is 95.7 Å². The number of carbonyl (C=O) groups excluding carboxylic acids is 1. The molecule has 1 aliphatic carbocycles. The molecular weight excluding hydrogens is 816 g/mol. The van der Waals surface area contributed by atoms with E-state index < -0.39 is 15.9 Å². The number of fused-ring (bicyclic) bond motifs is 1. The van der Waals surface area contributed by atoms with E-state index in [0.29, 0.717) is 11.3 Å². The summed E-state index contributed by atoms with van der Waals surface area (Å²) in [4.78, 5) is 28.0. The smallest absolute Gasteiger partial charge is 0.268 e. The van der Waals surface area contributed by atoms with Gasteiger partial charge in [0.05, 0.1) is 33.7 Å². The minimum atomic E-state index is -4.52. The third kappa shape index (κ3) is 9.82. The van der Waals surface area contributed by atoms with Crippen LogP contribution in [-0.4, -0.2) is 98.2 Å². The van der Waals surface area contributed by atoms with E-state index >= 15 is 0 Å². The summed E-state index contributed by atoms with van der Waals surface area (Å²) in [6, 6.07) is 22.5. The lowest BCUT2D eigenvalue weighted by molar-refractivity contribution is 0.0979. The molecule has 3 heterocycles. The number of ether oxygens (including phenoxy) is 1. The predicted octanol–water partition coefficient (Wildman–Crippen LogP) is 8.11. The average molecular weight is 868 g/mol. The lowest BCUT2D eigenvalue weighted by atomic mass is 9.72. The molecule has 0 saturated carbocycles. The fraction of sp³-hybridized carbons (Fsp3) is 0.378. The number of piperazine rings is 1. The monoisotopic (exact) mass is 867 g/mol. The fourth-order valence-electron chi connectivity index (χ4n) is 8.58. The number of benzene rings is 4. The molecule has 322 valence electrons. The number of H-pyrrole nitrogens is 1. The van der Waals surface area contributed by atoms with Crippen LogP contribution in [0.5, 0.6) is 11.5 Å². The Hall–Kier alpha value is -5.16. The van der Waals surface area contributed by atoms with Crippen LogP contribution in [0, 0.1) is 10.6 Å². The molecule has 3 aliphatic rings. The topological polar surface area (TPSA) is 169 Å². The Balaban J connectivity index is 1.02. The summed E-state index contributed by atoms with van der Waals surface area (Å²) < 4.78 is 36.0. The van der Waals surface area contributed by atoms with Crippen LogP contribution in [0.1, 0.15) is 61.9 Å².